The number of rotatable bonds is 11. The third-order valence-corrected chi connectivity index (χ3v) is 7.71. The maximum absolute atomic E-state index is 13.0. The Morgan fingerprint density at radius 2 is 1.84 bits per heavy atom. The van der Waals surface area contributed by atoms with Crippen LogP contribution in [0.1, 0.15) is 74.7 Å². The van der Waals surface area contributed by atoms with Gasteiger partial charge in [0.15, 0.2) is 11.0 Å². The highest BCUT2D eigenvalue weighted by Gasteiger charge is 2.25. The molecule has 2 amide bonds. The lowest BCUT2D eigenvalue weighted by Crippen LogP contribution is -2.31. The predicted octanol–water partition coefficient (Wildman–Crippen LogP) is 6.93. The summed E-state index contributed by atoms with van der Waals surface area (Å²) in [4.78, 5) is 25.8. The third-order valence-electron chi connectivity index (χ3n) is 5.75. The van der Waals surface area contributed by atoms with Gasteiger partial charge in [0.1, 0.15) is 0 Å². The van der Waals surface area contributed by atoms with Gasteiger partial charge in [0.05, 0.1) is 22.4 Å². The van der Waals surface area contributed by atoms with Crippen LogP contribution in [-0.4, -0.2) is 32.3 Å². The van der Waals surface area contributed by atoms with Crippen molar-refractivity contribution >= 4 is 63.5 Å². The largest absolute Gasteiger partial charge is 0.342 e. The Bertz CT molecular complexity index is 1250. The SMILES string of the molecule is CCn1c(SCC(=O)Nc2ccc(I)cc2C(C)C)nnc1[C@H](CC(C)C)NC(=O)c1ccccc1Cl. The molecule has 0 fully saturated rings. The van der Waals surface area contributed by atoms with Crippen molar-refractivity contribution in [1.82, 2.24) is 20.1 Å². The van der Waals surface area contributed by atoms with Crippen LogP contribution in [0.2, 0.25) is 5.02 Å². The number of anilines is 1. The summed E-state index contributed by atoms with van der Waals surface area (Å²) in [7, 11) is 0. The minimum absolute atomic E-state index is 0.105. The van der Waals surface area contributed by atoms with E-state index in [9.17, 15) is 9.59 Å². The van der Waals surface area contributed by atoms with Gasteiger partial charge in [-0.25, -0.2) is 0 Å². The minimum Gasteiger partial charge on any atom is -0.342 e. The molecule has 0 spiro atoms. The van der Waals surface area contributed by atoms with Crippen molar-refractivity contribution in [3.63, 3.8) is 0 Å². The zero-order valence-electron chi connectivity index (χ0n) is 21.7. The molecule has 0 saturated heterocycles. The molecule has 0 saturated carbocycles. The van der Waals surface area contributed by atoms with Gasteiger partial charge in [0, 0.05) is 15.8 Å². The van der Waals surface area contributed by atoms with E-state index in [2.05, 4.69) is 77.2 Å². The van der Waals surface area contributed by atoms with E-state index < -0.39 is 0 Å². The summed E-state index contributed by atoms with van der Waals surface area (Å²) in [5, 5.41) is 16.0. The Balaban J connectivity index is 1.75. The molecule has 37 heavy (non-hydrogen) atoms. The fraction of sp³-hybridized carbons (Fsp3) is 0.407. The van der Waals surface area contributed by atoms with Gasteiger partial charge in [-0.3, -0.25) is 9.59 Å². The first-order valence-electron chi connectivity index (χ1n) is 12.3. The van der Waals surface area contributed by atoms with Crippen molar-refractivity contribution in [3.8, 4) is 0 Å². The fourth-order valence-corrected chi connectivity index (χ4v) is 5.53. The molecule has 1 atom stereocenters. The molecule has 0 aliphatic heterocycles. The molecule has 198 valence electrons. The third kappa shape index (κ3) is 7.94. The van der Waals surface area contributed by atoms with E-state index in [1.54, 1.807) is 24.3 Å². The summed E-state index contributed by atoms with van der Waals surface area (Å²) < 4.78 is 3.09. The molecule has 0 unspecified atom stereocenters. The van der Waals surface area contributed by atoms with Gasteiger partial charge < -0.3 is 15.2 Å². The van der Waals surface area contributed by atoms with Gasteiger partial charge in [-0.15, -0.1) is 10.2 Å². The lowest BCUT2D eigenvalue weighted by atomic mass is 10.0. The van der Waals surface area contributed by atoms with E-state index in [1.165, 1.54) is 11.8 Å². The molecule has 2 N–H and O–H groups in total. The Labute approximate surface area is 241 Å². The topological polar surface area (TPSA) is 88.9 Å². The second kappa shape index (κ2) is 13.6. The summed E-state index contributed by atoms with van der Waals surface area (Å²) in [5.74, 6) is 1.11. The predicted molar refractivity (Wildman–Crippen MR) is 159 cm³/mol. The quantitative estimate of drug-likeness (QED) is 0.173. The number of hydrogen-bond donors (Lipinski definition) is 2. The summed E-state index contributed by atoms with van der Waals surface area (Å²) in [5.41, 5.74) is 2.36. The Hall–Kier alpha value is -2.11. The van der Waals surface area contributed by atoms with Crippen molar-refractivity contribution in [2.75, 3.05) is 11.1 Å². The smallest absolute Gasteiger partial charge is 0.253 e. The van der Waals surface area contributed by atoms with Gasteiger partial charge in [-0.05, 0) is 83.7 Å². The number of carbonyl (C=O) groups is 2. The Morgan fingerprint density at radius 3 is 2.49 bits per heavy atom. The van der Waals surface area contributed by atoms with Crippen LogP contribution in [0.25, 0.3) is 0 Å². The number of carbonyl (C=O) groups excluding carboxylic acids is 2. The highest BCUT2D eigenvalue weighted by Crippen LogP contribution is 2.28. The zero-order valence-corrected chi connectivity index (χ0v) is 25.4. The van der Waals surface area contributed by atoms with Crippen LogP contribution in [0.4, 0.5) is 5.69 Å². The first-order chi connectivity index (χ1) is 17.6. The van der Waals surface area contributed by atoms with Crippen molar-refractivity contribution in [2.45, 2.75) is 64.7 Å². The number of nitrogens with one attached hydrogen (secondary N) is 2. The average Bonchev–Trinajstić information content (AvgIpc) is 3.26. The maximum Gasteiger partial charge on any atom is 0.253 e. The van der Waals surface area contributed by atoms with Crippen LogP contribution in [0, 0.1) is 9.49 Å². The van der Waals surface area contributed by atoms with Crippen LogP contribution < -0.4 is 10.6 Å². The van der Waals surface area contributed by atoms with E-state index in [-0.39, 0.29) is 23.6 Å². The van der Waals surface area contributed by atoms with Gasteiger partial charge >= 0.3 is 0 Å². The Kier molecular flexibility index (Phi) is 10.8. The van der Waals surface area contributed by atoms with E-state index in [0.29, 0.717) is 46.4 Å². The van der Waals surface area contributed by atoms with Crippen molar-refractivity contribution in [1.29, 1.82) is 0 Å². The molecule has 1 heterocycles. The average molecular weight is 654 g/mol. The van der Waals surface area contributed by atoms with Crippen LogP contribution in [0.5, 0.6) is 0 Å². The Morgan fingerprint density at radius 1 is 1.11 bits per heavy atom. The number of amides is 2. The molecule has 0 aliphatic rings. The summed E-state index contributed by atoms with van der Waals surface area (Å²) >= 11 is 9.86. The van der Waals surface area contributed by atoms with E-state index in [4.69, 9.17) is 11.6 Å². The fourth-order valence-electron chi connectivity index (χ4n) is 3.98. The second-order valence-electron chi connectivity index (χ2n) is 9.44. The molecule has 7 nitrogen and oxygen atoms in total. The number of thioether (sulfide) groups is 1. The summed E-state index contributed by atoms with van der Waals surface area (Å²) in [6.07, 6.45) is 0.685. The summed E-state index contributed by atoms with van der Waals surface area (Å²) in [6.45, 7) is 11.0. The minimum atomic E-state index is -0.347. The lowest BCUT2D eigenvalue weighted by Gasteiger charge is -2.21. The van der Waals surface area contributed by atoms with Crippen molar-refractivity contribution in [2.24, 2.45) is 5.92 Å². The first-order valence-corrected chi connectivity index (χ1v) is 14.7. The lowest BCUT2D eigenvalue weighted by molar-refractivity contribution is -0.113. The molecule has 1 aromatic heterocycles. The number of benzene rings is 2. The van der Waals surface area contributed by atoms with Crippen molar-refractivity contribution < 1.29 is 9.59 Å². The second-order valence-corrected chi connectivity index (χ2v) is 12.0. The number of aromatic nitrogens is 3. The van der Waals surface area contributed by atoms with E-state index in [1.807, 2.05) is 23.6 Å². The monoisotopic (exact) mass is 653 g/mol. The molecule has 3 rings (SSSR count). The van der Waals surface area contributed by atoms with Crippen LogP contribution >= 0.6 is 46.0 Å². The van der Waals surface area contributed by atoms with Crippen LogP contribution in [0.3, 0.4) is 0 Å². The number of hydrogen-bond acceptors (Lipinski definition) is 5. The normalized spacial score (nSPS) is 12.1. The standard InChI is InChI=1S/C27H33ClIN5O2S/c1-6-34-25(23(13-16(2)3)31-26(36)19-9-7-8-10-21(19)28)32-33-27(34)37-15-24(35)30-22-12-11-18(29)14-20(22)17(4)5/h7-12,14,16-17,23H,6,13,15H2,1-5H3,(H,30,35)(H,31,36)/t23-/m0/s1. The van der Waals surface area contributed by atoms with E-state index >= 15 is 0 Å². The molecule has 0 bridgehead atoms. The molecule has 10 heteroatoms. The van der Waals surface area contributed by atoms with Crippen LogP contribution in [0.15, 0.2) is 47.6 Å². The van der Waals surface area contributed by atoms with Gasteiger partial charge in [-0.1, -0.05) is 63.2 Å². The van der Waals surface area contributed by atoms with Gasteiger partial charge in [0.25, 0.3) is 5.91 Å². The zero-order chi connectivity index (χ0) is 27.1. The van der Waals surface area contributed by atoms with E-state index in [0.717, 1.165) is 14.8 Å². The maximum atomic E-state index is 13.0. The molecule has 0 radical (unpaired) electrons. The summed E-state index contributed by atoms with van der Waals surface area (Å²) in [6, 6.07) is 12.7. The molecular weight excluding hydrogens is 621 g/mol. The van der Waals surface area contributed by atoms with Gasteiger partial charge in [-0.2, -0.15) is 0 Å². The first kappa shape index (κ1) is 29.4. The molecule has 3 aromatic rings. The van der Waals surface area contributed by atoms with Crippen molar-refractivity contribution in [3.05, 3.63) is 68.0 Å². The number of halogens is 2. The highest BCUT2D eigenvalue weighted by atomic mass is 127. The molecule has 0 aliphatic carbocycles. The van der Waals surface area contributed by atoms with Crippen LogP contribution in [-0.2, 0) is 11.3 Å². The number of nitrogens with zero attached hydrogens (tertiary/aromatic N) is 3. The molecule has 2 aromatic carbocycles. The molecular formula is C27H33ClIN5O2S. The highest BCUT2D eigenvalue weighted by molar-refractivity contribution is 14.1. The van der Waals surface area contributed by atoms with Gasteiger partial charge in [0.2, 0.25) is 5.91 Å².